The minimum atomic E-state index is 0.281. The monoisotopic (exact) mass is 470 g/mol. The Morgan fingerprint density at radius 2 is 0.519 bits per heavy atom. The quantitative estimate of drug-likeness (QED) is 0.297. The van der Waals surface area contributed by atoms with Crippen LogP contribution in [0.4, 0.5) is 0 Å². The standard InChI is InChI=1S/3C6H14N2.2ClH.Ni/c3*7-5-3-1-2-4-6(5)8;;;/h3*5-6H,1-4,7-8H2;2*1H;/q;;;;;+2/p-2/t3*5-,6-;;;/m111.../s1. The Kier molecular flexibility index (Phi) is 18.2. The Morgan fingerprint density at radius 3 is 0.593 bits per heavy atom. The van der Waals surface area contributed by atoms with Crippen molar-refractivity contribution >= 4 is 20.4 Å². The molecule has 0 aliphatic heterocycles. The van der Waals surface area contributed by atoms with Gasteiger partial charge in [0, 0.05) is 36.3 Å². The molecule has 0 radical (unpaired) electrons. The van der Waals surface area contributed by atoms with Crippen molar-refractivity contribution in [2.45, 2.75) is 113 Å². The van der Waals surface area contributed by atoms with Gasteiger partial charge in [-0.2, -0.15) is 0 Å². The summed E-state index contributed by atoms with van der Waals surface area (Å²) in [5.74, 6) is 0. The number of rotatable bonds is 0. The van der Waals surface area contributed by atoms with Gasteiger partial charge in [-0.05, 0) is 38.5 Å². The van der Waals surface area contributed by atoms with Gasteiger partial charge in [-0.1, -0.05) is 38.5 Å². The van der Waals surface area contributed by atoms with E-state index in [0.717, 1.165) is 38.5 Å². The summed E-state index contributed by atoms with van der Waals surface area (Å²) in [7, 11) is 9.40. The van der Waals surface area contributed by atoms with Gasteiger partial charge in [-0.3, -0.25) is 0 Å². The molecule has 6 atom stereocenters. The molecule has 0 spiro atoms. The summed E-state index contributed by atoms with van der Waals surface area (Å²) in [4.78, 5) is 0. The molecule has 9 heteroatoms. The molecule has 3 saturated carbocycles. The molecule has 0 unspecified atom stereocenters. The molecule has 168 valence electrons. The zero-order valence-electron chi connectivity index (χ0n) is 16.5. The molecule has 0 aromatic rings. The molecule has 12 N–H and O–H groups in total. The minimum absolute atomic E-state index is 0.281. The van der Waals surface area contributed by atoms with Gasteiger partial charge in [-0.25, -0.2) is 0 Å². The van der Waals surface area contributed by atoms with Crippen LogP contribution in [0, 0.1) is 0 Å². The van der Waals surface area contributed by atoms with Crippen LogP contribution in [0.5, 0.6) is 0 Å². The number of hydrogen-bond donors (Lipinski definition) is 6. The van der Waals surface area contributed by atoms with Crippen molar-refractivity contribution in [2.75, 3.05) is 0 Å². The summed E-state index contributed by atoms with van der Waals surface area (Å²) in [6, 6.07) is 1.69. The third kappa shape index (κ3) is 14.5. The molecule has 0 bridgehead atoms. The van der Waals surface area contributed by atoms with E-state index in [0.29, 0.717) is 12.7 Å². The molecule has 6 nitrogen and oxygen atoms in total. The molecule has 27 heavy (non-hydrogen) atoms. The fourth-order valence-electron chi connectivity index (χ4n) is 3.56. The second kappa shape index (κ2) is 17.7. The van der Waals surface area contributed by atoms with Crippen molar-refractivity contribution in [2.24, 2.45) is 34.4 Å². The molecule has 0 aromatic heterocycles. The van der Waals surface area contributed by atoms with Crippen molar-refractivity contribution < 1.29 is 12.7 Å². The van der Waals surface area contributed by atoms with Crippen LogP contribution in [0.2, 0.25) is 0 Å². The van der Waals surface area contributed by atoms with Crippen LogP contribution in [0.3, 0.4) is 0 Å². The van der Waals surface area contributed by atoms with Crippen LogP contribution in [0.15, 0.2) is 0 Å². The van der Waals surface area contributed by atoms with E-state index in [1.54, 1.807) is 0 Å². The number of hydrogen-bond acceptors (Lipinski definition) is 6. The number of nitrogens with two attached hydrogens (primary N) is 6. The number of halogens is 2. The van der Waals surface area contributed by atoms with E-state index in [4.69, 9.17) is 54.8 Å². The first kappa shape index (κ1) is 27.8. The fraction of sp³-hybridized carbons (Fsp3) is 1.00. The van der Waals surface area contributed by atoms with Crippen LogP contribution in [0.25, 0.3) is 0 Å². The average molecular weight is 472 g/mol. The molecule has 0 amide bonds. The third-order valence-corrected chi connectivity index (χ3v) is 5.62. The molecule has 0 aromatic carbocycles. The molecule has 3 aliphatic rings. The first-order valence-corrected chi connectivity index (χ1v) is 12.9. The van der Waals surface area contributed by atoms with Gasteiger partial charge in [0.15, 0.2) is 0 Å². The molecular weight excluding hydrogens is 430 g/mol. The second-order valence-corrected chi connectivity index (χ2v) is 9.51. The van der Waals surface area contributed by atoms with Gasteiger partial charge in [0.25, 0.3) is 0 Å². The van der Waals surface area contributed by atoms with Gasteiger partial charge in [0.2, 0.25) is 0 Å². The Balaban J connectivity index is 0.000000350. The normalized spacial score (nSPS) is 36.1. The second-order valence-electron chi connectivity index (χ2n) is 7.88. The zero-order valence-corrected chi connectivity index (χ0v) is 19.0. The summed E-state index contributed by atoms with van der Waals surface area (Å²) in [6.45, 7) is 0. The summed E-state index contributed by atoms with van der Waals surface area (Å²) in [5.41, 5.74) is 33.9. The van der Waals surface area contributed by atoms with Crippen molar-refractivity contribution in [3.05, 3.63) is 0 Å². The predicted molar refractivity (Wildman–Crippen MR) is 115 cm³/mol. The average Bonchev–Trinajstić information content (AvgIpc) is 2.64. The van der Waals surface area contributed by atoms with Gasteiger partial charge < -0.3 is 34.4 Å². The van der Waals surface area contributed by atoms with E-state index in [9.17, 15) is 0 Å². The Bertz CT molecular complexity index is 265. The SMILES string of the molecule is N[C@@H]1CCCC[C@H]1N.N[C@@H]1CCCC[C@H]1N.N[C@@H]1CCCC[C@H]1N.[Cl][Ni][Cl]. The summed E-state index contributed by atoms with van der Waals surface area (Å²) >= 11 is 0.569. The third-order valence-electron chi connectivity index (χ3n) is 5.62. The van der Waals surface area contributed by atoms with Crippen LogP contribution in [-0.2, 0) is 12.7 Å². The summed E-state index contributed by atoms with van der Waals surface area (Å²) < 4.78 is 0. The predicted octanol–water partition coefficient (Wildman–Crippen LogP) is 2.02. The first-order chi connectivity index (χ1) is 12.8. The molecule has 3 rings (SSSR count). The van der Waals surface area contributed by atoms with Crippen molar-refractivity contribution in [1.29, 1.82) is 0 Å². The zero-order chi connectivity index (χ0) is 20.7. The van der Waals surface area contributed by atoms with Gasteiger partial charge in [0.05, 0.1) is 0 Å². The van der Waals surface area contributed by atoms with Gasteiger partial charge in [0.1, 0.15) is 0 Å². The van der Waals surface area contributed by atoms with Gasteiger partial charge >= 0.3 is 33.0 Å². The van der Waals surface area contributed by atoms with Crippen LogP contribution in [-0.4, -0.2) is 36.3 Å². The Hall–Kier alpha value is 0.834. The van der Waals surface area contributed by atoms with Gasteiger partial charge in [-0.15, -0.1) is 0 Å². The van der Waals surface area contributed by atoms with E-state index < -0.39 is 0 Å². The van der Waals surface area contributed by atoms with Crippen LogP contribution >= 0.6 is 20.4 Å². The Labute approximate surface area is 180 Å². The van der Waals surface area contributed by atoms with E-state index in [1.807, 2.05) is 0 Å². The topological polar surface area (TPSA) is 156 Å². The van der Waals surface area contributed by atoms with Crippen molar-refractivity contribution in [3.8, 4) is 0 Å². The van der Waals surface area contributed by atoms with Crippen molar-refractivity contribution in [3.63, 3.8) is 0 Å². The fourth-order valence-corrected chi connectivity index (χ4v) is 3.56. The first-order valence-electron chi connectivity index (χ1n) is 10.2. The molecule has 3 fully saturated rings. The Morgan fingerprint density at radius 1 is 0.407 bits per heavy atom. The molecular formula is C18H42Cl2N6Ni. The van der Waals surface area contributed by atoms with E-state index >= 15 is 0 Å². The van der Waals surface area contributed by atoms with E-state index in [1.165, 1.54) is 38.5 Å². The summed E-state index contributed by atoms with van der Waals surface area (Å²) in [5, 5.41) is 0. The van der Waals surface area contributed by atoms with Crippen LogP contribution < -0.4 is 34.4 Å². The molecule has 0 saturated heterocycles. The molecule has 0 heterocycles. The molecule has 3 aliphatic carbocycles. The van der Waals surface area contributed by atoms with E-state index in [2.05, 4.69) is 0 Å². The van der Waals surface area contributed by atoms with Crippen LogP contribution in [0.1, 0.15) is 77.0 Å². The van der Waals surface area contributed by atoms with Crippen molar-refractivity contribution in [1.82, 2.24) is 0 Å². The van der Waals surface area contributed by atoms with E-state index in [-0.39, 0.29) is 36.3 Å². The summed E-state index contributed by atoms with van der Waals surface area (Å²) in [6.07, 6.45) is 14.4. The maximum atomic E-state index is 5.65. The maximum absolute atomic E-state index is 5.65.